The Morgan fingerprint density at radius 2 is 2.33 bits per heavy atom. The van der Waals surface area contributed by atoms with E-state index in [9.17, 15) is 4.79 Å². The van der Waals surface area contributed by atoms with Gasteiger partial charge in [-0.15, -0.1) is 0 Å². The van der Waals surface area contributed by atoms with E-state index in [1.165, 1.54) is 0 Å². The zero-order valence-electron chi connectivity index (χ0n) is 9.29. The lowest BCUT2D eigenvalue weighted by atomic mass is 10.4. The number of carbonyl (C=O) groups is 1. The molecule has 0 radical (unpaired) electrons. The molecule has 0 spiro atoms. The molecular weight excluding hydrogens is 192 g/mol. The predicted octanol–water partition coefficient (Wildman–Crippen LogP) is -0.0351. The zero-order valence-corrected chi connectivity index (χ0v) is 9.29. The third-order valence-electron chi connectivity index (χ3n) is 2.16. The van der Waals surface area contributed by atoms with Crippen molar-refractivity contribution < 1.29 is 4.79 Å². The smallest absolute Gasteiger partial charge is 0.233 e. The molecule has 0 aromatic carbocycles. The summed E-state index contributed by atoms with van der Waals surface area (Å²) in [6.45, 7) is 5.52. The van der Waals surface area contributed by atoms with Crippen molar-refractivity contribution in [3.05, 3.63) is 17.5 Å². The van der Waals surface area contributed by atoms with Gasteiger partial charge in [0.1, 0.15) is 0 Å². The van der Waals surface area contributed by atoms with Crippen molar-refractivity contribution in [3.8, 4) is 0 Å². The highest BCUT2D eigenvalue weighted by Crippen LogP contribution is 2.01. The molecule has 0 bridgehead atoms. The van der Waals surface area contributed by atoms with Crippen molar-refractivity contribution in [3.63, 3.8) is 0 Å². The first-order valence-corrected chi connectivity index (χ1v) is 5.11. The van der Waals surface area contributed by atoms with Crippen molar-refractivity contribution in [2.75, 3.05) is 13.1 Å². The molecule has 5 heteroatoms. The maximum Gasteiger partial charge on any atom is 0.233 e. The molecule has 15 heavy (non-hydrogen) atoms. The SMILES string of the molecule is Cc1cc(C)n(CCCNC(=O)CN)n1. The Balaban J connectivity index is 2.26. The molecule has 1 heterocycles. The largest absolute Gasteiger partial charge is 0.355 e. The van der Waals surface area contributed by atoms with E-state index in [1.807, 2.05) is 24.6 Å². The van der Waals surface area contributed by atoms with Gasteiger partial charge in [-0.25, -0.2) is 0 Å². The Kier molecular flexibility index (Phi) is 4.30. The third-order valence-corrected chi connectivity index (χ3v) is 2.16. The summed E-state index contributed by atoms with van der Waals surface area (Å²) in [5.41, 5.74) is 7.34. The summed E-state index contributed by atoms with van der Waals surface area (Å²) in [6, 6.07) is 2.04. The molecule has 0 aliphatic carbocycles. The number of hydrogen-bond acceptors (Lipinski definition) is 3. The highest BCUT2D eigenvalue weighted by Gasteiger charge is 2.00. The van der Waals surface area contributed by atoms with Gasteiger partial charge in [0.2, 0.25) is 5.91 Å². The van der Waals surface area contributed by atoms with Crippen molar-refractivity contribution in [1.29, 1.82) is 0 Å². The quantitative estimate of drug-likeness (QED) is 0.670. The third kappa shape index (κ3) is 3.71. The molecule has 1 aromatic rings. The van der Waals surface area contributed by atoms with Crippen LogP contribution in [0.2, 0.25) is 0 Å². The first-order valence-electron chi connectivity index (χ1n) is 5.11. The van der Waals surface area contributed by atoms with Crippen LogP contribution >= 0.6 is 0 Å². The monoisotopic (exact) mass is 210 g/mol. The van der Waals surface area contributed by atoms with Crippen LogP contribution in [0.15, 0.2) is 6.07 Å². The summed E-state index contributed by atoms with van der Waals surface area (Å²) < 4.78 is 1.95. The average molecular weight is 210 g/mol. The molecule has 0 fully saturated rings. The molecule has 84 valence electrons. The van der Waals surface area contributed by atoms with Gasteiger partial charge in [0.25, 0.3) is 0 Å². The van der Waals surface area contributed by atoms with Crippen LogP contribution in [0.4, 0.5) is 0 Å². The molecular formula is C10H18N4O. The van der Waals surface area contributed by atoms with Crippen LogP contribution in [0.3, 0.4) is 0 Å². The van der Waals surface area contributed by atoms with Gasteiger partial charge < -0.3 is 11.1 Å². The number of aryl methyl sites for hydroxylation is 3. The lowest BCUT2D eigenvalue weighted by molar-refractivity contribution is -0.119. The molecule has 0 aliphatic heterocycles. The Morgan fingerprint density at radius 1 is 1.60 bits per heavy atom. The van der Waals surface area contributed by atoms with Gasteiger partial charge >= 0.3 is 0 Å². The number of amides is 1. The fraction of sp³-hybridized carbons (Fsp3) is 0.600. The Morgan fingerprint density at radius 3 is 2.87 bits per heavy atom. The van der Waals surface area contributed by atoms with E-state index in [4.69, 9.17) is 5.73 Å². The van der Waals surface area contributed by atoms with E-state index < -0.39 is 0 Å². The Hall–Kier alpha value is -1.36. The second kappa shape index (κ2) is 5.50. The van der Waals surface area contributed by atoms with E-state index in [0.29, 0.717) is 6.54 Å². The molecule has 0 saturated carbocycles. The summed E-state index contributed by atoms with van der Waals surface area (Å²) in [6.07, 6.45) is 0.869. The fourth-order valence-corrected chi connectivity index (χ4v) is 1.43. The second-order valence-electron chi connectivity index (χ2n) is 3.56. The van der Waals surface area contributed by atoms with Crippen LogP contribution in [0.1, 0.15) is 17.8 Å². The molecule has 0 aliphatic rings. The zero-order chi connectivity index (χ0) is 11.3. The molecule has 1 rings (SSSR count). The standard InChI is InChI=1S/C10H18N4O/c1-8-6-9(2)14(13-8)5-3-4-12-10(15)7-11/h6H,3-5,7,11H2,1-2H3,(H,12,15). The van der Waals surface area contributed by atoms with E-state index in [-0.39, 0.29) is 12.5 Å². The van der Waals surface area contributed by atoms with Gasteiger partial charge in [0.15, 0.2) is 0 Å². The molecule has 0 atom stereocenters. The van der Waals surface area contributed by atoms with Crippen LogP contribution in [-0.2, 0) is 11.3 Å². The van der Waals surface area contributed by atoms with Crippen LogP contribution in [-0.4, -0.2) is 28.8 Å². The lowest BCUT2D eigenvalue weighted by Gasteiger charge is -2.05. The van der Waals surface area contributed by atoms with Crippen molar-refractivity contribution in [2.24, 2.45) is 5.73 Å². The minimum absolute atomic E-state index is 0.0555. The highest BCUT2D eigenvalue weighted by molar-refractivity contribution is 5.77. The highest BCUT2D eigenvalue weighted by atomic mass is 16.1. The molecule has 1 amide bonds. The van der Waals surface area contributed by atoms with Crippen molar-refractivity contribution in [1.82, 2.24) is 15.1 Å². The maximum atomic E-state index is 10.8. The normalized spacial score (nSPS) is 10.3. The van der Waals surface area contributed by atoms with E-state index in [1.54, 1.807) is 0 Å². The summed E-state index contributed by atoms with van der Waals surface area (Å²) in [5.74, 6) is -0.108. The molecule has 3 N–H and O–H groups in total. The number of nitrogens with zero attached hydrogens (tertiary/aromatic N) is 2. The van der Waals surface area contributed by atoms with Crippen LogP contribution in [0.25, 0.3) is 0 Å². The lowest BCUT2D eigenvalue weighted by Crippen LogP contribution is -2.31. The number of rotatable bonds is 5. The number of carbonyl (C=O) groups excluding carboxylic acids is 1. The average Bonchev–Trinajstić information content (AvgIpc) is 2.52. The van der Waals surface area contributed by atoms with E-state index >= 15 is 0 Å². The Bertz CT molecular complexity index is 332. The van der Waals surface area contributed by atoms with Gasteiger partial charge in [0, 0.05) is 18.8 Å². The van der Waals surface area contributed by atoms with E-state index in [0.717, 1.165) is 24.4 Å². The van der Waals surface area contributed by atoms with Crippen molar-refractivity contribution in [2.45, 2.75) is 26.8 Å². The minimum Gasteiger partial charge on any atom is -0.355 e. The molecule has 1 aromatic heterocycles. The Labute approximate surface area is 89.6 Å². The van der Waals surface area contributed by atoms with Gasteiger partial charge in [0.05, 0.1) is 12.2 Å². The predicted molar refractivity (Wildman–Crippen MR) is 58.4 cm³/mol. The number of aromatic nitrogens is 2. The van der Waals surface area contributed by atoms with Crippen LogP contribution < -0.4 is 11.1 Å². The molecule has 0 saturated heterocycles. The molecule has 0 unspecified atom stereocenters. The van der Waals surface area contributed by atoms with Gasteiger partial charge in [-0.05, 0) is 26.3 Å². The summed E-state index contributed by atoms with van der Waals surface area (Å²) in [4.78, 5) is 10.8. The summed E-state index contributed by atoms with van der Waals surface area (Å²) in [7, 11) is 0. The van der Waals surface area contributed by atoms with Crippen LogP contribution in [0, 0.1) is 13.8 Å². The maximum absolute atomic E-state index is 10.8. The van der Waals surface area contributed by atoms with Crippen molar-refractivity contribution >= 4 is 5.91 Å². The fourth-order valence-electron chi connectivity index (χ4n) is 1.43. The number of nitrogens with one attached hydrogen (secondary N) is 1. The minimum atomic E-state index is -0.108. The van der Waals surface area contributed by atoms with E-state index in [2.05, 4.69) is 10.4 Å². The number of nitrogens with two attached hydrogens (primary N) is 1. The second-order valence-corrected chi connectivity index (χ2v) is 3.56. The first-order chi connectivity index (χ1) is 7.13. The van der Waals surface area contributed by atoms with Gasteiger partial charge in [-0.2, -0.15) is 5.10 Å². The molecule has 5 nitrogen and oxygen atoms in total. The number of hydrogen-bond donors (Lipinski definition) is 2. The van der Waals surface area contributed by atoms with Gasteiger partial charge in [-0.3, -0.25) is 9.48 Å². The summed E-state index contributed by atoms with van der Waals surface area (Å²) in [5, 5.41) is 7.05. The van der Waals surface area contributed by atoms with Crippen LogP contribution in [0.5, 0.6) is 0 Å². The van der Waals surface area contributed by atoms with Gasteiger partial charge in [-0.1, -0.05) is 0 Å². The summed E-state index contributed by atoms with van der Waals surface area (Å²) >= 11 is 0. The first kappa shape index (κ1) is 11.7. The topological polar surface area (TPSA) is 72.9 Å².